The molecular weight excluding hydrogens is 336 g/mol. The number of hydrogen-bond acceptors (Lipinski definition) is 8. The second kappa shape index (κ2) is 6.83. The van der Waals surface area contributed by atoms with Gasteiger partial charge in [-0.15, -0.1) is 0 Å². The van der Waals surface area contributed by atoms with Gasteiger partial charge in [-0.3, -0.25) is 14.6 Å². The molecule has 1 unspecified atom stereocenters. The average molecular weight is 358 g/mol. The zero-order valence-electron chi connectivity index (χ0n) is 13.3. The van der Waals surface area contributed by atoms with Crippen LogP contribution < -0.4 is 5.43 Å². The third-order valence-electron chi connectivity index (χ3n) is 4.70. The Labute approximate surface area is 140 Å². The summed E-state index contributed by atoms with van der Waals surface area (Å²) < 4.78 is 28.5. The molecule has 1 aromatic rings. The van der Waals surface area contributed by atoms with Crippen molar-refractivity contribution >= 4 is 9.84 Å². The summed E-state index contributed by atoms with van der Waals surface area (Å²) in [5, 5.41) is 18.9. The molecule has 2 aliphatic heterocycles. The van der Waals surface area contributed by atoms with Crippen LogP contribution in [0.5, 0.6) is 5.75 Å². The second-order valence-electron chi connectivity index (χ2n) is 6.38. The molecule has 2 saturated heterocycles. The van der Waals surface area contributed by atoms with Crippen LogP contribution in [-0.2, 0) is 23.0 Å². The number of aliphatic hydroxyl groups is 1. The molecule has 0 saturated carbocycles. The Hall–Kier alpha value is -1.42. The third kappa shape index (κ3) is 3.80. The summed E-state index contributed by atoms with van der Waals surface area (Å²) in [5.74, 6) is 0.370. The van der Waals surface area contributed by atoms with Crippen LogP contribution in [0.2, 0.25) is 0 Å². The Kier molecular flexibility index (Phi) is 4.95. The number of rotatable bonds is 4. The van der Waals surface area contributed by atoms with Crippen LogP contribution in [0, 0.1) is 0 Å². The van der Waals surface area contributed by atoms with Gasteiger partial charge in [0, 0.05) is 38.3 Å². The minimum absolute atomic E-state index is 0.0983. The lowest BCUT2D eigenvalue weighted by Crippen LogP contribution is -2.50. The van der Waals surface area contributed by atoms with E-state index in [2.05, 4.69) is 4.90 Å². The van der Waals surface area contributed by atoms with Crippen molar-refractivity contribution in [2.45, 2.75) is 25.6 Å². The molecule has 0 bridgehead atoms. The molecule has 24 heavy (non-hydrogen) atoms. The van der Waals surface area contributed by atoms with Crippen molar-refractivity contribution < 1.29 is 23.0 Å². The van der Waals surface area contributed by atoms with Crippen molar-refractivity contribution in [1.82, 2.24) is 9.80 Å². The summed E-state index contributed by atoms with van der Waals surface area (Å²) >= 11 is 0. The van der Waals surface area contributed by atoms with E-state index in [1.54, 1.807) is 0 Å². The number of sulfone groups is 1. The summed E-state index contributed by atoms with van der Waals surface area (Å²) in [6, 6.07) is 1.18. The van der Waals surface area contributed by atoms with E-state index in [4.69, 9.17) is 9.52 Å². The van der Waals surface area contributed by atoms with Crippen molar-refractivity contribution in [3.05, 3.63) is 27.8 Å². The molecule has 0 aromatic carbocycles. The van der Waals surface area contributed by atoms with Crippen molar-refractivity contribution in [2.24, 2.45) is 0 Å². The highest BCUT2D eigenvalue weighted by Crippen LogP contribution is 2.21. The van der Waals surface area contributed by atoms with Gasteiger partial charge in [0.2, 0.25) is 11.2 Å². The van der Waals surface area contributed by atoms with E-state index < -0.39 is 27.6 Å². The van der Waals surface area contributed by atoms with Crippen LogP contribution in [0.4, 0.5) is 0 Å². The van der Waals surface area contributed by atoms with E-state index in [1.807, 2.05) is 4.90 Å². The summed E-state index contributed by atoms with van der Waals surface area (Å²) in [7, 11) is -2.89. The van der Waals surface area contributed by atoms with Crippen LogP contribution >= 0.6 is 0 Å². The van der Waals surface area contributed by atoms with Crippen LogP contribution in [0.15, 0.2) is 15.3 Å². The van der Waals surface area contributed by atoms with Gasteiger partial charge in [-0.2, -0.15) is 0 Å². The van der Waals surface area contributed by atoms with Crippen LogP contribution in [0.3, 0.4) is 0 Å². The smallest absolute Gasteiger partial charge is 0.227 e. The molecule has 0 aliphatic carbocycles. The van der Waals surface area contributed by atoms with E-state index in [0.29, 0.717) is 19.5 Å². The Morgan fingerprint density at radius 1 is 1.25 bits per heavy atom. The molecule has 1 atom stereocenters. The quantitative estimate of drug-likeness (QED) is 0.715. The van der Waals surface area contributed by atoms with Gasteiger partial charge in [0.15, 0.2) is 15.6 Å². The summed E-state index contributed by atoms with van der Waals surface area (Å²) in [4.78, 5) is 15.9. The minimum Gasteiger partial charge on any atom is -0.502 e. The summed E-state index contributed by atoms with van der Waals surface area (Å²) in [5.41, 5.74) is -0.560. The largest absolute Gasteiger partial charge is 0.502 e. The standard InChI is InChI=1S/C15H22N2O6S/c18-9-12-7-13(19)15(20)14(23-12)8-16-2-4-17(5-3-16)11-1-6-24(21,22)10-11/h7,11,18,20H,1-6,8-10H2. The third-order valence-corrected chi connectivity index (χ3v) is 6.45. The highest BCUT2D eigenvalue weighted by molar-refractivity contribution is 7.91. The molecule has 3 rings (SSSR count). The minimum atomic E-state index is -2.89. The van der Waals surface area contributed by atoms with Crippen molar-refractivity contribution in [3.8, 4) is 5.75 Å². The van der Waals surface area contributed by atoms with Gasteiger partial charge in [-0.05, 0) is 6.42 Å². The predicted octanol–water partition coefficient (Wildman–Crippen LogP) is -0.858. The monoisotopic (exact) mass is 358 g/mol. The molecule has 2 N–H and O–H groups in total. The topological polar surface area (TPSA) is 111 Å². The molecular formula is C15H22N2O6S. The van der Waals surface area contributed by atoms with E-state index in [0.717, 1.165) is 19.2 Å². The number of hydrogen-bond donors (Lipinski definition) is 2. The lowest BCUT2D eigenvalue weighted by molar-refractivity contribution is 0.0927. The van der Waals surface area contributed by atoms with E-state index >= 15 is 0 Å². The average Bonchev–Trinajstić information content (AvgIpc) is 2.92. The van der Waals surface area contributed by atoms with Gasteiger partial charge in [-0.25, -0.2) is 8.42 Å². The Morgan fingerprint density at radius 3 is 2.54 bits per heavy atom. The SMILES string of the molecule is O=c1cc(CO)oc(CN2CCN(C3CCS(=O)(=O)C3)CC2)c1O. The molecule has 8 nitrogen and oxygen atoms in total. The van der Waals surface area contributed by atoms with Gasteiger partial charge in [0.1, 0.15) is 12.4 Å². The fraction of sp³-hybridized carbons (Fsp3) is 0.667. The lowest BCUT2D eigenvalue weighted by Gasteiger charge is -2.37. The molecule has 1 aromatic heterocycles. The van der Waals surface area contributed by atoms with Gasteiger partial charge >= 0.3 is 0 Å². The van der Waals surface area contributed by atoms with Crippen LogP contribution in [0.25, 0.3) is 0 Å². The van der Waals surface area contributed by atoms with Gasteiger partial charge in [0.05, 0.1) is 18.1 Å². The van der Waals surface area contributed by atoms with E-state index in [1.165, 1.54) is 0 Å². The van der Waals surface area contributed by atoms with Gasteiger partial charge < -0.3 is 14.6 Å². The maximum absolute atomic E-state index is 11.6. The van der Waals surface area contributed by atoms with Crippen molar-refractivity contribution in [3.63, 3.8) is 0 Å². The molecule has 9 heteroatoms. The lowest BCUT2D eigenvalue weighted by atomic mass is 10.2. The van der Waals surface area contributed by atoms with E-state index in [9.17, 15) is 18.3 Å². The maximum atomic E-state index is 11.6. The number of nitrogens with zero attached hydrogens (tertiary/aromatic N) is 2. The molecule has 0 radical (unpaired) electrons. The first-order valence-electron chi connectivity index (χ1n) is 8.00. The van der Waals surface area contributed by atoms with Crippen LogP contribution in [-0.4, -0.2) is 72.2 Å². The maximum Gasteiger partial charge on any atom is 0.227 e. The summed E-state index contributed by atoms with van der Waals surface area (Å²) in [6.45, 7) is 2.76. The molecule has 2 fully saturated rings. The first kappa shape index (κ1) is 17.4. The molecule has 0 spiro atoms. The van der Waals surface area contributed by atoms with E-state index in [-0.39, 0.29) is 35.6 Å². The van der Waals surface area contributed by atoms with Crippen molar-refractivity contribution in [1.29, 1.82) is 0 Å². The first-order chi connectivity index (χ1) is 11.4. The zero-order valence-corrected chi connectivity index (χ0v) is 14.2. The molecule has 3 heterocycles. The molecule has 0 amide bonds. The van der Waals surface area contributed by atoms with Crippen LogP contribution in [0.1, 0.15) is 17.9 Å². The first-order valence-corrected chi connectivity index (χ1v) is 9.82. The number of piperazine rings is 1. The molecule has 134 valence electrons. The second-order valence-corrected chi connectivity index (χ2v) is 8.60. The number of aromatic hydroxyl groups is 1. The summed E-state index contributed by atoms with van der Waals surface area (Å²) in [6.07, 6.45) is 0.691. The van der Waals surface area contributed by atoms with Gasteiger partial charge in [0.25, 0.3) is 0 Å². The Balaban J connectivity index is 1.60. The highest BCUT2D eigenvalue weighted by Gasteiger charge is 2.33. The fourth-order valence-corrected chi connectivity index (χ4v) is 5.09. The zero-order chi connectivity index (χ0) is 17.3. The fourth-order valence-electron chi connectivity index (χ4n) is 3.33. The predicted molar refractivity (Wildman–Crippen MR) is 86.5 cm³/mol. The number of aliphatic hydroxyl groups excluding tert-OH is 1. The van der Waals surface area contributed by atoms with Crippen molar-refractivity contribution in [2.75, 3.05) is 37.7 Å². The normalized spacial score (nSPS) is 25.1. The Morgan fingerprint density at radius 2 is 1.96 bits per heavy atom. The Bertz CT molecular complexity index is 752. The highest BCUT2D eigenvalue weighted by atomic mass is 32.2. The van der Waals surface area contributed by atoms with Gasteiger partial charge in [-0.1, -0.05) is 0 Å². The molecule has 2 aliphatic rings.